The smallest absolute Gasteiger partial charge is 0.335 e. The van der Waals surface area contributed by atoms with E-state index >= 15 is 0 Å². The normalized spacial score (nSPS) is 17.5. The van der Waals surface area contributed by atoms with Gasteiger partial charge in [0, 0.05) is 33.4 Å². The minimum Gasteiger partial charge on any atom is -0.478 e. The van der Waals surface area contributed by atoms with Crippen LogP contribution in [0.25, 0.3) is 5.69 Å². The van der Waals surface area contributed by atoms with Gasteiger partial charge in [0.25, 0.3) is 0 Å². The van der Waals surface area contributed by atoms with Crippen molar-refractivity contribution in [2.45, 2.75) is 25.9 Å². The van der Waals surface area contributed by atoms with Crippen LogP contribution < -0.4 is 10.2 Å². The summed E-state index contributed by atoms with van der Waals surface area (Å²) >= 11 is 9.36. The molecule has 1 aliphatic heterocycles. The molecule has 0 spiro atoms. The fraction of sp³-hybridized carbons (Fsp3) is 0.148. The van der Waals surface area contributed by atoms with E-state index in [9.17, 15) is 9.90 Å². The number of aromatic nitrogens is 2. The Morgan fingerprint density at radius 3 is 2.49 bits per heavy atom. The molecule has 0 radical (unpaired) electrons. The number of thiocarbonyl (C=S) groups is 1. The molecule has 4 aromatic rings. The highest BCUT2D eigenvalue weighted by molar-refractivity contribution is 9.10. The highest BCUT2D eigenvalue weighted by Crippen LogP contribution is 2.43. The summed E-state index contributed by atoms with van der Waals surface area (Å²) in [5, 5.41) is 13.6. The Hall–Kier alpha value is -3.49. The molecule has 0 bridgehead atoms. The molecule has 2 aromatic carbocycles. The molecule has 3 heterocycles. The van der Waals surface area contributed by atoms with Gasteiger partial charge in [-0.3, -0.25) is 4.98 Å². The van der Waals surface area contributed by atoms with Gasteiger partial charge in [-0.2, -0.15) is 0 Å². The molecule has 0 saturated carbocycles. The van der Waals surface area contributed by atoms with E-state index in [1.54, 1.807) is 24.4 Å². The highest BCUT2D eigenvalue weighted by Gasteiger charge is 2.42. The number of carbonyl (C=O) groups is 1. The number of hydrogen-bond acceptors (Lipinski definition) is 3. The molecular weight excluding hydrogens is 524 g/mol. The first-order valence-electron chi connectivity index (χ1n) is 11.1. The zero-order chi connectivity index (χ0) is 24.7. The zero-order valence-electron chi connectivity index (χ0n) is 19.1. The number of nitrogens with one attached hydrogen (secondary N) is 1. The van der Waals surface area contributed by atoms with E-state index in [0.29, 0.717) is 5.11 Å². The number of nitrogens with zero attached hydrogens (tertiary/aromatic N) is 3. The van der Waals surface area contributed by atoms with Crippen LogP contribution in [0.15, 0.2) is 83.5 Å². The average molecular weight is 547 g/mol. The van der Waals surface area contributed by atoms with Crippen LogP contribution in [-0.4, -0.2) is 25.7 Å². The number of aromatic carboxylic acids is 1. The van der Waals surface area contributed by atoms with Crippen LogP contribution in [-0.2, 0) is 0 Å². The van der Waals surface area contributed by atoms with Crippen molar-refractivity contribution in [3.8, 4) is 5.69 Å². The SMILES string of the molecule is Cc1cc([C@@H]2[C@H](c3ccccn3)NC(=S)N2c2ccc(Br)cc2)c(C)n1-c1cccc(C(=O)O)c1. The van der Waals surface area contributed by atoms with Crippen molar-refractivity contribution < 1.29 is 9.90 Å². The maximum atomic E-state index is 11.6. The lowest BCUT2D eigenvalue weighted by molar-refractivity contribution is 0.0697. The van der Waals surface area contributed by atoms with Gasteiger partial charge in [-0.15, -0.1) is 0 Å². The van der Waals surface area contributed by atoms with Crippen molar-refractivity contribution in [1.29, 1.82) is 0 Å². The molecule has 8 heteroatoms. The molecular formula is C27H23BrN4O2S. The van der Waals surface area contributed by atoms with Crippen LogP contribution >= 0.6 is 28.1 Å². The Morgan fingerprint density at radius 1 is 1.03 bits per heavy atom. The number of halogens is 1. The molecule has 1 saturated heterocycles. The monoisotopic (exact) mass is 546 g/mol. The van der Waals surface area contributed by atoms with Crippen molar-refractivity contribution in [1.82, 2.24) is 14.9 Å². The highest BCUT2D eigenvalue weighted by atomic mass is 79.9. The van der Waals surface area contributed by atoms with Crippen molar-refractivity contribution >= 4 is 44.9 Å². The van der Waals surface area contributed by atoms with Crippen molar-refractivity contribution in [3.63, 3.8) is 0 Å². The minimum absolute atomic E-state index is 0.152. The molecule has 35 heavy (non-hydrogen) atoms. The van der Waals surface area contributed by atoms with Gasteiger partial charge in [0.15, 0.2) is 5.11 Å². The van der Waals surface area contributed by atoms with Gasteiger partial charge >= 0.3 is 5.97 Å². The van der Waals surface area contributed by atoms with Gasteiger partial charge in [0.1, 0.15) is 0 Å². The van der Waals surface area contributed by atoms with E-state index < -0.39 is 5.97 Å². The van der Waals surface area contributed by atoms with E-state index in [2.05, 4.69) is 48.7 Å². The molecule has 6 nitrogen and oxygen atoms in total. The number of pyridine rings is 1. The van der Waals surface area contributed by atoms with Crippen LogP contribution in [0.2, 0.25) is 0 Å². The molecule has 176 valence electrons. The van der Waals surface area contributed by atoms with E-state index in [1.807, 2.05) is 55.5 Å². The quantitative estimate of drug-likeness (QED) is 0.293. The average Bonchev–Trinajstić information content (AvgIpc) is 3.35. The predicted molar refractivity (Wildman–Crippen MR) is 144 cm³/mol. The van der Waals surface area contributed by atoms with Gasteiger partial charge in [0.2, 0.25) is 0 Å². The first-order chi connectivity index (χ1) is 16.8. The summed E-state index contributed by atoms with van der Waals surface area (Å²) in [4.78, 5) is 18.4. The summed E-state index contributed by atoms with van der Waals surface area (Å²) in [5.41, 5.74) is 6.06. The fourth-order valence-corrected chi connectivity index (χ4v) is 5.42. The second-order valence-corrected chi connectivity index (χ2v) is 9.79. The third kappa shape index (κ3) is 4.24. The summed E-state index contributed by atoms with van der Waals surface area (Å²) in [7, 11) is 0. The Bertz CT molecular complexity index is 1420. The molecule has 2 atom stereocenters. The molecule has 0 aliphatic carbocycles. The Labute approximate surface area is 217 Å². The minimum atomic E-state index is -0.948. The number of hydrogen-bond donors (Lipinski definition) is 2. The molecule has 5 rings (SSSR count). The Balaban J connectivity index is 1.67. The van der Waals surface area contributed by atoms with Gasteiger partial charge in [-0.25, -0.2) is 4.79 Å². The van der Waals surface area contributed by atoms with Crippen LogP contribution in [0.4, 0.5) is 5.69 Å². The third-order valence-electron chi connectivity index (χ3n) is 6.34. The standard InChI is InChI=1S/C27H23BrN4O2S/c1-16-14-22(17(2)31(16)21-7-5-6-18(15-21)26(33)34)25-24(23-8-3-4-13-29-23)30-27(35)32(25)20-11-9-19(28)10-12-20/h3-15,24-25H,1-2H3,(H,30,35)(H,33,34)/t24-,25+/m0/s1. The maximum absolute atomic E-state index is 11.6. The summed E-state index contributed by atoms with van der Waals surface area (Å²) in [5.74, 6) is -0.948. The van der Waals surface area contributed by atoms with Gasteiger partial charge < -0.3 is 19.9 Å². The number of aryl methyl sites for hydroxylation is 1. The van der Waals surface area contributed by atoms with Crippen LogP contribution in [0, 0.1) is 13.8 Å². The van der Waals surface area contributed by atoms with Crippen molar-refractivity contribution in [2.24, 2.45) is 0 Å². The Morgan fingerprint density at radius 2 is 1.80 bits per heavy atom. The predicted octanol–water partition coefficient (Wildman–Crippen LogP) is 6.13. The molecule has 2 aromatic heterocycles. The second kappa shape index (κ2) is 9.28. The summed E-state index contributed by atoms with van der Waals surface area (Å²) in [6, 6.07) is 22.8. The lowest BCUT2D eigenvalue weighted by atomic mass is 9.96. The second-order valence-electron chi connectivity index (χ2n) is 8.49. The van der Waals surface area contributed by atoms with Crippen LogP contribution in [0.5, 0.6) is 0 Å². The summed E-state index contributed by atoms with van der Waals surface area (Å²) < 4.78 is 3.09. The molecule has 2 N–H and O–H groups in total. The van der Waals surface area contributed by atoms with Crippen LogP contribution in [0.1, 0.15) is 45.1 Å². The Kier molecular flexibility index (Phi) is 6.17. The molecule has 0 amide bonds. The number of rotatable bonds is 5. The molecule has 0 unspecified atom stereocenters. The lowest BCUT2D eigenvalue weighted by Gasteiger charge is -2.28. The fourth-order valence-electron chi connectivity index (χ4n) is 4.81. The number of carboxylic acids is 1. The van der Waals surface area contributed by atoms with E-state index in [-0.39, 0.29) is 17.6 Å². The van der Waals surface area contributed by atoms with Crippen molar-refractivity contribution in [3.05, 3.63) is 112 Å². The van der Waals surface area contributed by atoms with Gasteiger partial charge in [-0.05, 0) is 92.3 Å². The summed E-state index contributed by atoms with van der Waals surface area (Å²) in [6.45, 7) is 4.09. The third-order valence-corrected chi connectivity index (χ3v) is 7.19. The van der Waals surface area contributed by atoms with Crippen molar-refractivity contribution in [2.75, 3.05) is 4.90 Å². The van der Waals surface area contributed by atoms with E-state index in [0.717, 1.165) is 38.5 Å². The topological polar surface area (TPSA) is 70.4 Å². The van der Waals surface area contributed by atoms with Gasteiger partial charge in [0.05, 0.1) is 23.3 Å². The summed E-state index contributed by atoms with van der Waals surface area (Å²) in [6.07, 6.45) is 1.79. The van der Waals surface area contributed by atoms with E-state index in [1.165, 1.54) is 0 Å². The van der Waals surface area contributed by atoms with Crippen LogP contribution in [0.3, 0.4) is 0 Å². The number of anilines is 1. The number of benzene rings is 2. The lowest BCUT2D eigenvalue weighted by Crippen LogP contribution is -2.29. The maximum Gasteiger partial charge on any atom is 0.335 e. The first-order valence-corrected chi connectivity index (χ1v) is 12.3. The molecule has 1 aliphatic rings. The largest absolute Gasteiger partial charge is 0.478 e. The van der Waals surface area contributed by atoms with Gasteiger partial charge in [-0.1, -0.05) is 28.1 Å². The number of carboxylic acid groups (broad SMARTS) is 1. The molecule has 1 fully saturated rings. The van der Waals surface area contributed by atoms with E-state index in [4.69, 9.17) is 12.2 Å². The zero-order valence-corrected chi connectivity index (χ0v) is 21.5. The first kappa shape index (κ1) is 23.3.